The number of carbonyl (C=O) groups excluding carboxylic acids is 2. The summed E-state index contributed by atoms with van der Waals surface area (Å²) < 4.78 is 11.6. The molecule has 7 nitrogen and oxygen atoms in total. The van der Waals surface area contributed by atoms with Gasteiger partial charge in [-0.1, -0.05) is 65.9 Å². The largest absolute Gasteiger partial charge is 0.872 e. The number of para-hydroxylation sites is 1. The van der Waals surface area contributed by atoms with E-state index in [0.29, 0.717) is 43.2 Å². The molecule has 1 amide bonds. The second-order valence-corrected chi connectivity index (χ2v) is 9.83. The SMILES string of the molecule is Cc1ccc(C([O-])=C2C(=O)C(=O)N(CC[NH+](C)C)C2c2ccc(OCCOc3ccccc3C)cc2)cc1. The molecule has 0 radical (unpaired) electrons. The van der Waals surface area contributed by atoms with E-state index in [-0.39, 0.29) is 5.57 Å². The number of likely N-dealkylation sites (N-methyl/N-ethyl adjacent to an activating group) is 1. The Bertz CT molecular complexity index is 1310. The van der Waals surface area contributed by atoms with Gasteiger partial charge in [0.05, 0.1) is 33.2 Å². The van der Waals surface area contributed by atoms with E-state index in [0.717, 1.165) is 21.8 Å². The number of hydrogen-bond acceptors (Lipinski definition) is 5. The molecular formula is C31H34N2O5. The molecule has 0 saturated carbocycles. The fourth-order valence-electron chi connectivity index (χ4n) is 4.43. The van der Waals surface area contributed by atoms with Crippen LogP contribution in [0.2, 0.25) is 0 Å². The van der Waals surface area contributed by atoms with Gasteiger partial charge in [0.1, 0.15) is 24.7 Å². The average Bonchev–Trinajstić information content (AvgIpc) is 3.16. The molecule has 1 fully saturated rings. The number of benzene rings is 3. The second kappa shape index (κ2) is 12.0. The van der Waals surface area contributed by atoms with Crippen molar-refractivity contribution in [3.8, 4) is 11.5 Å². The second-order valence-electron chi connectivity index (χ2n) is 9.83. The van der Waals surface area contributed by atoms with Gasteiger partial charge in [-0.3, -0.25) is 9.59 Å². The van der Waals surface area contributed by atoms with E-state index in [1.165, 1.54) is 4.90 Å². The summed E-state index contributed by atoms with van der Waals surface area (Å²) in [6.07, 6.45) is 0. The Labute approximate surface area is 223 Å². The maximum Gasteiger partial charge on any atom is 0.295 e. The van der Waals surface area contributed by atoms with Crippen LogP contribution in [-0.2, 0) is 9.59 Å². The molecule has 0 bridgehead atoms. The van der Waals surface area contributed by atoms with Crippen molar-refractivity contribution < 1.29 is 29.1 Å². The van der Waals surface area contributed by atoms with Gasteiger partial charge in [-0.2, -0.15) is 0 Å². The summed E-state index contributed by atoms with van der Waals surface area (Å²) in [5, 5.41) is 13.5. The smallest absolute Gasteiger partial charge is 0.295 e. The number of ketones is 1. The number of ether oxygens (including phenoxy) is 2. The van der Waals surface area contributed by atoms with Crippen LogP contribution in [0.4, 0.5) is 0 Å². The molecule has 0 spiro atoms. The maximum absolute atomic E-state index is 13.5. The zero-order chi connectivity index (χ0) is 27.2. The highest BCUT2D eigenvalue weighted by Gasteiger charge is 2.44. The topological polar surface area (TPSA) is 83.3 Å². The fourth-order valence-corrected chi connectivity index (χ4v) is 4.43. The van der Waals surface area contributed by atoms with Crippen LogP contribution < -0.4 is 19.5 Å². The summed E-state index contributed by atoms with van der Waals surface area (Å²) in [6, 6.07) is 21.3. The molecule has 38 heavy (non-hydrogen) atoms. The highest BCUT2D eigenvalue weighted by atomic mass is 16.5. The summed E-state index contributed by atoms with van der Waals surface area (Å²) >= 11 is 0. The van der Waals surface area contributed by atoms with Gasteiger partial charge in [0, 0.05) is 5.57 Å². The highest BCUT2D eigenvalue weighted by molar-refractivity contribution is 6.46. The number of aryl methyl sites for hydroxylation is 2. The van der Waals surface area contributed by atoms with Crippen molar-refractivity contribution in [3.05, 3.63) is 101 Å². The first-order valence-electron chi connectivity index (χ1n) is 12.8. The zero-order valence-electron chi connectivity index (χ0n) is 22.3. The normalized spacial score (nSPS) is 16.8. The fraction of sp³-hybridized carbons (Fsp3) is 0.290. The van der Waals surface area contributed by atoms with Gasteiger partial charge in [0.2, 0.25) is 5.78 Å². The Morgan fingerprint density at radius 2 is 1.55 bits per heavy atom. The monoisotopic (exact) mass is 514 g/mol. The Hall–Kier alpha value is -4.10. The minimum Gasteiger partial charge on any atom is -0.872 e. The maximum atomic E-state index is 13.5. The lowest BCUT2D eigenvalue weighted by Crippen LogP contribution is -3.06. The van der Waals surface area contributed by atoms with Crippen LogP contribution in [-0.4, -0.2) is 57.0 Å². The molecule has 3 aromatic carbocycles. The number of amides is 1. The number of likely N-dealkylation sites (tertiary alicyclic amines) is 1. The molecule has 1 unspecified atom stereocenters. The molecule has 1 aliphatic heterocycles. The Morgan fingerprint density at radius 1 is 0.895 bits per heavy atom. The first-order chi connectivity index (χ1) is 18.3. The molecule has 1 N–H and O–H groups in total. The molecule has 198 valence electrons. The van der Waals surface area contributed by atoms with Crippen molar-refractivity contribution in [2.45, 2.75) is 19.9 Å². The van der Waals surface area contributed by atoms with E-state index in [4.69, 9.17) is 9.47 Å². The van der Waals surface area contributed by atoms with E-state index >= 15 is 0 Å². The summed E-state index contributed by atoms with van der Waals surface area (Å²) in [5.74, 6) is -0.332. The van der Waals surface area contributed by atoms with Gasteiger partial charge >= 0.3 is 0 Å². The Kier molecular flexibility index (Phi) is 8.48. The minimum atomic E-state index is -0.749. The third kappa shape index (κ3) is 6.06. The van der Waals surface area contributed by atoms with Crippen molar-refractivity contribution in [1.82, 2.24) is 4.90 Å². The third-order valence-corrected chi connectivity index (χ3v) is 6.59. The number of nitrogens with zero attached hydrogens (tertiary/aromatic N) is 1. The minimum absolute atomic E-state index is 0.00657. The van der Waals surface area contributed by atoms with E-state index in [1.807, 2.05) is 76.5 Å². The van der Waals surface area contributed by atoms with Crippen LogP contribution in [0.25, 0.3) is 5.76 Å². The van der Waals surface area contributed by atoms with E-state index < -0.39 is 23.5 Å². The summed E-state index contributed by atoms with van der Waals surface area (Å²) in [6.45, 7) is 5.67. The van der Waals surface area contributed by atoms with Crippen LogP contribution in [0.15, 0.2) is 78.4 Å². The van der Waals surface area contributed by atoms with Crippen molar-refractivity contribution >= 4 is 17.4 Å². The predicted molar refractivity (Wildman–Crippen MR) is 144 cm³/mol. The molecule has 4 rings (SSSR count). The van der Waals surface area contributed by atoms with Gasteiger partial charge in [-0.05, 0) is 48.7 Å². The van der Waals surface area contributed by atoms with Crippen LogP contribution in [0, 0.1) is 13.8 Å². The molecule has 1 heterocycles. The van der Waals surface area contributed by atoms with Gasteiger partial charge in [0.25, 0.3) is 5.91 Å². The van der Waals surface area contributed by atoms with Gasteiger partial charge in [0.15, 0.2) is 0 Å². The van der Waals surface area contributed by atoms with E-state index in [1.54, 1.807) is 24.3 Å². The lowest BCUT2D eigenvalue weighted by atomic mass is 9.95. The molecule has 1 saturated heterocycles. The molecular weight excluding hydrogens is 480 g/mol. The van der Waals surface area contributed by atoms with Crippen LogP contribution in [0.1, 0.15) is 28.3 Å². The number of Topliss-reactive ketones (excluding diaryl/α,β-unsaturated/α-hetero) is 1. The van der Waals surface area contributed by atoms with Crippen molar-refractivity contribution in [3.63, 3.8) is 0 Å². The molecule has 1 atom stereocenters. The quantitative estimate of drug-likeness (QED) is 0.194. The summed E-state index contributed by atoms with van der Waals surface area (Å²) in [5.41, 5.74) is 3.15. The number of carbonyl (C=O) groups is 2. The van der Waals surface area contributed by atoms with Crippen molar-refractivity contribution in [2.75, 3.05) is 40.4 Å². The van der Waals surface area contributed by atoms with Gasteiger partial charge in [-0.25, -0.2) is 0 Å². The summed E-state index contributed by atoms with van der Waals surface area (Å²) in [4.78, 5) is 28.8. The Balaban J connectivity index is 1.55. The van der Waals surface area contributed by atoms with Crippen molar-refractivity contribution in [1.29, 1.82) is 0 Å². The van der Waals surface area contributed by atoms with Crippen LogP contribution >= 0.6 is 0 Å². The molecule has 0 aromatic heterocycles. The van der Waals surface area contributed by atoms with E-state index in [9.17, 15) is 14.7 Å². The zero-order valence-corrected chi connectivity index (χ0v) is 22.3. The predicted octanol–water partition coefficient (Wildman–Crippen LogP) is 2.13. The number of hydrogen-bond donors (Lipinski definition) is 1. The molecule has 1 aliphatic rings. The number of rotatable bonds is 10. The molecule has 0 aliphatic carbocycles. The van der Waals surface area contributed by atoms with Crippen molar-refractivity contribution in [2.24, 2.45) is 0 Å². The van der Waals surface area contributed by atoms with Crippen LogP contribution in [0.3, 0.4) is 0 Å². The first-order valence-corrected chi connectivity index (χ1v) is 12.8. The molecule has 7 heteroatoms. The average molecular weight is 515 g/mol. The third-order valence-electron chi connectivity index (χ3n) is 6.59. The van der Waals surface area contributed by atoms with Gasteiger partial charge in [-0.15, -0.1) is 0 Å². The van der Waals surface area contributed by atoms with E-state index in [2.05, 4.69) is 0 Å². The standard InChI is InChI=1S/C31H34N2O5/c1-21-9-11-24(12-10-21)29(34)27-28(33(18-17-32(3)4)31(36)30(27)35)23-13-15-25(16-14-23)37-19-20-38-26-8-6-5-7-22(26)2/h5-16,28,34H,17-20H2,1-4H3. The van der Waals surface area contributed by atoms with Gasteiger partial charge < -0.3 is 24.4 Å². The van der Waals surface area contributed by atoms with Crippen LogP contribution in [0.5, 0.6) is 11.5 Å². The lowest BCUT2D eigenvalue weighted by Gasteiger charge is -2.28. The number of quaternary nitrogens is 1. The summed E-state index contributed by atoms with van der Waals surface area (Å²) in [7, 11) is 3.96. The first kappa shape index (κ1) is 26.9. The lowest BCUT2D eigenvalue weighted by molar-refractivity contribution is -0.857. The molecule has 3 aromatic rings. The Morgan fingerprint density at radius 3 is 2.21 bits per heavy atom. The highest BCUT2D eigenvalue weighted by Crippen LogP contribution is 2.38. The number of nitrogens with one attached hydrogen (secondary N) is 1.